The van der Waals surface area contributed by atoms with Gasteiger partial charge in [-0.25, -0.2) is 4.79 Å². The van der Waals surface area contributed by atoms with Crippen LogP contribution >= 0.6 is 0 Å². The lowest BCUT2D eigenvalue weighted by atomic mass is 10.2. The summed E-state index contributed by atoms with van der Waals surface area (Å²) in [5, 5.41) is 7.03. The summed E-state index contributed by atoms with van der Waals surface area (Å²) in [4.78, 5) is 24.2. The van der Waals surface area contributed by atoms with Crippen LogP contribution in [0.3, 0.4) is 0 Å². The number of carbonyl (C=O) groups is 2. The van der Waals surface area contributed by atoms with Crippen LogP contribution in [0, 0.1) is 13.8 Å². The van der Waals surface area contributed by atoms with Crippen molar-refractivity contribution in [1.29, 1.82) is 0 Å². The topological polar surface area (TPSA) is 91.7 Å². The summed E-state index contributed by atoms with van der Waals surface area (Å²) in [6, 6.07) is 5.44. The summed E-state index contributed by atoms with van der Waals surface area (Å²) in [5.74, 6) is 0.363. The van der Waals surface area contributed by atoms with Crippen molar-refractivity contribution in [2.75, 3.05) is 6.79 Å². The molecule has 28 heavy (non-hydrogen) atoms. The zero-order chi connectivity index (χ0) is 20.3. The molecule has 1 aliphatic heterocycles. The van der Waals surface area contributed by atoms with E-state index in [4.69, 9.17) is 14.2 Å². The summed E-state index contributed by atoms with van der Waals surface area (Å²) in [5.41, 5.74) is 3.48. The number of fused-ring (bicyclic) bond motifs is 1. The first-order valence-electron chi connectivity index (χ1n) is 8.90. The highest BCUT2D eigenvalue weighted by Gasteiger charge is 2.18. The Morgan fingerprint density at radius 3 is 2.79 bits per heavy atom. The summed E-state index contributed by atoms with van der Waals surface area (Å²) in [6.07, 6.45) is 2.04. The van der Waals surface area contributed by atoms with E-state index < -0.39 is 12.1 Å². The molecule has 1 aromatic heterocycles. The number of hydrogen-bond donors (Lipinski definition) is 1. The lowest BCUT2D eigenvalue weighted by Gasteiger charge is -2.12. The summed E-state index contributed by atoms with van der Waals surface area (Å²) >= 11 is 0. The number of nitrogens with one attached hydrogen (secondary N) is 1. The fraction of sp³-hybridized carbons (Fsp3) is 0.350. The number of esters is 1. The molecule has 1 aliphatic rings. The number of carbonyl (C=O) groups excluding carboxylic acids is 2. The largest absolute Gasteiger partial charge is 0.454 e. The third-order valence-corrected chi connectivity index (χ3v) is 4.52. The Hall–Kier alpha value is -3.29. The van der Waals surface area contributed by atoms with E-state index in [0.29, 0.717) is 18.0 Å². The molecule has 1 atom stereocenters. The number of hydrogen-bond acceptors (Lipinski definition) is 6. The van der Waals surface area contributed by atoms with E-state index in [2.05, 4.69) is 10.4 Å². The Balaban J connectivity index is 1.50. The monoisotopic (exact) mass is 385 g/mol. The fourth-order valence-corrected chi connectivity index (χ4v) is 2.83. The molecule has 0 radical (unpaired) electrons. The lowest BCUT2D eigenvalue weighted by molar-refractivity contribution is -0.150. The van der Waals surface area contributed by atoms with Crippen LogP contribution in [-0.2, 0) is 27.9 Å². The van der Waals surface area contributed by atoms with Gasteiger partial charge in [0.2, 0.25) is 6.79 Å². The first-order chi connectivity index (χ1) is 13.3. The maximum absolute atomic E-state index is 12.2. The van der Waals surface area contributed by atoms with E-state index in [1.165, 1.54) is 13.0 Å². The van der Waals surface area contributed by atoms with Gasteiger partial charge in [0, 0.05) is 30.9 Å². The van der Waals surface area contributed by atoms with Gasteiger partial charge in [0.25, 0.3) is 5.91 Å². The van der Waals surface area contributed by atoms with Crippen LogP contribution in [0.5, 0.6) is 11.5 Å². The molecule has 0 bridgehead atoms. The maximum Gasteiger partial charge on any atom is 0.331 e. The average molecular weight is 385 g/mol. The van der Waals surface area contributed by atoms with Gasteiger partial charge < -0.3 is 19.5 Å². The second-order valence-corrected chi connectivity index (χ2v) is 6.53. The lowest BCUT2D eigenvalue weighted by Crippen LogP contribution is -2.35. The van der Waals surface area contributed by atoms with Crippen LogP contribution in [-0.4, -0.2) is 34.6 Å². The van der Waals surface area contributed by atoms with E-state index in [1.54, 1.807) is 22.9 Å². The SMILES string of the molecule is Cc1nn(C)c(C)c1/C=C/C(=O)O[C@H](C)C(=O)NCc1ccc2c(c1)OCO2. The zero-order valence-electron chi connectivity index (χ0n) is 16.3. The number of rotatable bonds is 6. The molecule has 148 valence electrons. The first kappa shape index (κ1) is 19.5. The predicted molar refractivity (Wildman–Crippen MR) is 102 cm³/mol. The van der Waals surface area contributed by atoms with E-state index >= 15 is 0 Å². The minimum atomic E-state index is -0.915. The molecule has 0 fully saturated rings. The van der Waals surface area contributed by atoms with Crippen molar-refractivity contribution in [3.05, 3.63) is 46.8 Å². The maximum atomic E-state index is 12.2. The number of ether oxygens (including phenoxy) is 3. The van der Waals surface area contributed by atoms with Gasteiger partial charge in [-0.3, -0.25) is 9.48 Å². The van der Waals surface area contributed by atoms with Crippen LogP contribution in [0.2, 0.25) is 0 Å². The van der Waals surface area contributed by atoms with Crippen molar-refractivity contribution in [3.8, 4) is 11.5 Å². The smallest absolute Gasteiger partial charge is 0.331 e. The number of amides is 1. The van der Waals surface area contributed by atoms with E-state index in [-0.39, 0.29) is 12.7 Å². The van der Waals surface area contributed by atoms with Crippen LogP contribution in [0.1, 0.15) is 29.4 Å². The van der Waals surface area contributed by atoms with Gasteiger partial charge >= 0.3 is 5.97 Å². The van der Waals surface area contributed by atoms with Gasteiger partial charge in [-0.05, 0) is 44.5 Å². The molecule has 0 unspecified atom stereocenters. The van der Waals surface area contributed by atoms with Gasteiger partial charge in [0.1, 0.15) is 0 Å². The average Bonchev–Trinajstić information content (AvgIpc) is 3.22. The summed E-state index contributed by atoms with van der Waals surface area (Å²) in [7, 11) is 1.84. The van der Waals surface area contributed by atoms with Gasteiger partial charge in [-0.1, -0.05) is 6.07 Å². The van der Waals surface area contributed by atoms with Crippen molar-refractivity contribution in [3.63, 3.8) is 0 Å². The second-order valence-electron chi connectivity index (χ2n) is 6.53. The normalized spacial score (nSPS) is 13.6. The highest BCUT2D eigenvalue weighted by atomic mass is 16.7. The number of aryl methyl sites for hydroxylation is 2. The molecule has 8 heteroatoms. The zero-order valence-corrected chi connectivity index (χ0v) is 16.3. The highest BCUT2D eigenvalue weighted by Crippen LogP contribution is 2.32. The van der Waals surface area contributed by atoms with E-state index in [1.807, 2.05) is 27.0 Å². The Morgan fingerprint density at radius 1 is 1.32 bits per heavy atom. The molecule has 8 nitrogen and oxygen atoms in total. The minimum Gasteiger partial charge on any atom is -0.454 e. The standard InChI is InChI=1S/C20H23N3O5/c1-12-16(13(2)23(4)22-12)6-8-19(24)28-14(3)20(25)21-10-15-5-7-17-18(9-15)27-11-26-17/h5-9,14H,10-11H2,1-4H3,(H,21,25)/b8-6+/t14-/m1/s1. The molecule has 2 aromatic rings. The molecule has 1 aromatic carbocycles. The Labute approximate surface area is 163 Å². The first-order valence-corrected chi connectivity index (χ1v) is 8.90. The van der Waals surface area contributed by atoms with Gasteiger partial charge in [0.05, 0.1) is 5.69 Å². The van der Waals surface area contributed by atoms with Gasteiger partial charge in [-0.2, -0.15) is 5.10 Å². The van der Waals surface area contributed by atoms with Crippen LogP contribution < -0.4 is 14.8 Å². The fourth-order valence-electron chi connectivity index (χ4n) is 2.83. The molecule has 1 amide bonds. The van der Waals surface area contributed by atoms with Gasteiger partial charge in [-0.15, -0.1) is 0 Å². The molecule has 0 spiro atoms. The Bertz CT molecular complexity index is 932. The summed E-state index contributed by atoms with van der Waals surface area (Å²) in [6.45, 7) is 5.80. The highest BCUT2D eigenvalue weighted by molar-refractivity contribution is 5.90. The number of aromatic nitrogens is 2. The molecular weight excluding hydrogens is 362 g/mol. The van der Waals surface area contributed by atoms with Crippen molar-refractivity contribution >= 4 is 18.0 Å². The molecule has 0 aliphatic carbocycles. The van der Waals surface area contributed by atoms with Gasteiger partial charge in [0.15, 0.2) is 17.6 Å². The predicted octanol–water partition coefficient (Wildman–Crippen LogP) is 2.03. The number of benzene rings is 1. The van der Waals surface area contributed by atoms with E-state index in [0.717, 1.165) is 22.5 Å². The molecular formula is C20H23N3O5. The molecule has 2 heterocycles. The Morgan fingerprint density at radius 2 is 2.07 bits per heavy atom. The molecule has 0 saturated heterocycles. The van der Waals surface area contributed by atoms with Crippen molar-refractivity contribution in [2.24, 2.45) is 7.05 Å². The van der Waals surface area contributed by atoms with Crippen LogP contribution in [0.15, 0.2) is 24.3 Å². The third kappa shape index (κ3) is 4.33. The Kier molecular flexibility index (Phi) is 5.67. The number of nitrogens with zero attached hydrogens (tertiary/aromatic N) is 2. The molecule has 3 rings (SSSR count). The van der Waals surface area contributed by atoms with Crippen LogP contribution in [0.4, 0.5) is 0 Å². The molecule has 1 N–H and O–H groups in total. The quantitative estimate of drug-likeness (QED) is 0.604. The van der Waals surface area contributed by atoms with Crippen LogP contribution in [0.25, 0.3) is 6.08 Å². The van der Waals surface area contributed by atoms with E-state index in [9.17, 15) is 9.59 Å². The van der Waals surface area contributed by atoms with Crippen molar-refractivity contribution < 1.29 is 23.8 Å². The van der Waals surface area contributed by atoms with Crippen molar-refractivity contribution in [2.45, 2.75) is 33.4 Å². The third-order valence-electron chi connectivity index (χ3n) is 4.52. The second kappa shape index (κ2) is 8.16. The minimum absolute atomic E-state index is 0.198. The molecule has 0 saturated carbocycles. The summed E-state index contributed by atoms with van der Waals surface area (Å²) < 4.78 is 17.5. The van der Waals surface area contributed by atoms with Crippen molar-refractivity contribution in [1.82, 2.24) is 15.1 Å².